The number of fused-ring (bicyclic) bond motifs is 1. The summed E-state index contributed by atoms with van der Waals surface area (Å²) in [6, 6.07) is 1.64. The molecule has 0 atom stereocenters. The van der Waals surface area contributed by atoms with Crippen LogP contribution in [-0.4, -0.2) is 47.4 Å². The van der Waals surface area contributed by atoms with E-state index in [-0.39, 0.29) is 12.5 Å². The van der Waals surface area contributed by atoms with Crippen molar-refractivity contribution in [3.8, 4) is 0 Å². The van der Waals surface area contributed by atoms with Crippen molar-refractivity contribution in [1.29, 1.82) is 0 Å². The molecule has 0 fully saturated rings. The summed E-state index contributed by atoms with van der Waals surface area (Å²) in [5, 5.41) is 23.4. The number of hydrogen-bond donors (Lipinski definition) is 2. The lowest BCUT2D eigenvalue weighted by molar-refractivity contribution is 0.0699. The van der Waals surface area contributed by atoms with E-state index in [1.54, 1.807) is 17.2 Å². The molecule has 1 aliphatic rings. The van der Waals surface area contributed by atoms with Crippen molar-refractivity contribution in [3.05, 3.63) is 29.6 Å². The van der Waals surface area contributed by atoms with Crippen molar-refractivity contribution < 1.29 is 9.90 Å². The third-order valence-corrected chi connectivity index (χ3v) is 2.99. The van der Waals surface area contributed by atoms with E-state index in [0.717, 1.165) is 0 Å². The van der Waals surface area contributed by atoms with Gasteiger partial charge in [0.1, 0.15) is 12.3 Å². The predicted octanol–water partition coefficient (Wildman–Crippen LogP) is -0.851. The van der Waals surface area contributed by atoms with Crippen molar-refractivity contribution in [2.75, 3.05) is 6.54 Å². The fourth-order valence-electron chi connectivity index (χ4n) is 2.05. The van der Waals surface area contributed by atoms with Gasteiger partial charge in [0, 0.05) is 19.3 Å². The van der Waals surface area contributed by atoms with Crippen molar-refractivity contribution in [2.45, 2.75) is 19.7 Å². The Bertz CT molecular complexity index is 561. The molecule has 2 aromatic rings. The Hall–Kier alpha value is -2.22. The highest BCUT2D eigenvalue weighted by Crippen LogP contribution is 2.14. The lowest BCUT2D eigenvalue weighted by atomic mass is 10.3. The topological polar surface area (TPSA) is 99.9 Å². The maximum absolute atomic E-state index is 12.1. The summed E-state index contributed by atoms with van der Waals surface area (Å²) in [5.41, 5.74) is 0.463. The van der Waals surface area contributed by atoms with E-state index in [9.17, 15) is 4.79 Å². The van der Waals surface area contributed by atoms with Crippen LogP contribution in [0.3, 0.4) is 0 Å². The van der Waals surface area contributed by atoms with Crippen molar-refractivity contribution in [2.24, 2.45) is 0 Å². The van der Waals surface area contributed by atoms with Gasteiger partial charge in [-0.25, -0.2) is 0 Å². The van der Waals surface area contributed by atoms with Crippen LogP contribution in [-0.2, 0) is 19.7 Å². The van der Waals surface area contributed by atoms with Gasteiger partial charge >= 0.3 is 0 Å². The molecule has 0 aromatic carbocycles. The Morgan fingerprint density at radius 2 is 2.33 bits per heavy atom. The second-order valence-corrected chi connectivity index (χ2v) is 4.04. The van der Waals surface area contributed by atoms with Gasteiger partial charge in [-0.2, -0.15) is 5.10 Å². The van der Waals surface area contributed by atoms with Gasteiger partial charge in [0.2, 0.25) is 0 Å². The molecular weight excluding hydrogens is 236 g/mol. The number of aliphatic hydroxyl groups excluding tert-OH is 1. The summed E-state index contributed by atoms with van der Waals surface area (Å²) in [5.74, 6) is 1.13. The van der Waals surface area contributed by atoms with E-state index < -0.39 is 0 Å². The van der Waals surface area contributed by atoms with Crippen LogP contribution in [0.4, 0.5) is 0 Å². The highest BCUT2D eigenvalue weighted by Gasteiger charge is 2.25. The minimum atomic E-state index is -0.137. The third-order valence-electron chi connectivity index (χ3n) is 2.99. The van der Waals surface area contributed by atoms with Crippen LogP contribution >= 0.6 is 0 Å². The molecule has 0 unspecified atom stereocenters. The van der Waals surface area contributed by atoms with Gasteiger partial charge < -0.3 is 14.6 Å². The quantitative estimate of drug-likeness (QED) is 0.721. The molecular formula is C10H12N6O2. The number of aliphatic hydroxyl groups is 1. The van der Waals surface area contributed by atoms with Gasteiger partial charge in [-0.15, -0.1) is 10.2 Å². The molecule has 0 radical (unpaired) electrons. The summed E-state index contributed by atoms with van der Waals surface area (Å²) < 4.78 is 1.84. The Labute approximate surface area is 102 Å². The van der Waals surface area contributed by atoms with E-state index >= 15 is 0 Å². The molecule has 0 saturated heterocycles. The molecule has 2 N–H and O–H groups in total. The predicted molar refractivity (Wildman–Crippen MR) is 59.3 cm³/mol. The van der Waals surface area contributed by atoms with Gasteiger partial charge in [-0.3, -0.25) is 9.89 Å². The number of amides is 1. The maximum Gasteiger partial charge on any atom is 0.272 e. The maximum atomic E-state index is 12.1. The van der Waals surface area contributed by atoms with E-state index in [4.69, 9.17) is 5.11 Å². The molecule has 2 aromatic heterocycles. The standard InChI is InChI=1S/C10H12N6O2/c17-6-9-14-13-8-5-15(3-4-16(8)9)10(18)7-1-2-11-12-7/h1-2,17H,3-6H2,(H,11,12). The number of H-pyrrole nitrogens is 1. The molecule has 94 valence electrons. The average Bonchev–Trinajstić information content (AvgIpc) is 3.06. The van der Waals surface area contributed by atoms with Crippen LogP contribution in [0.15, 0.2) is 12.3 Å². The first-order chi connectivity index (χ1) is 8.79. The lowest BCUT2D eigenvalue weighted by Gasteiger charge is -2.27. The SMILES string of the molecule is O=C(c1ccn[nH]1)N1CCn2c(CO)nnc2C1. The molecule has 1 aliphatic heterocycles. The molecule has 3 rings (SSSR count). The van der Waals surface area contributed by atoms with Crippen LogP contribution in [0, 0.1) is 0 Å². The average molecular weight is 248 g/mol. The van der Waals surface area contributed by atoms with E-state index in [0.29, 0.717) is 37.0 Å². The summed E-state index contributed by atoms with van der Waals surface area (Å²) in [6.07, 6.45) is 1.55. The van der Waals surface area contributed by atoms with Crippen molar-refractivity contribution in [1.82, 2.24) is 29.9 Å². The van der Waals surface area contributed by atoms with Gasteiger partial charge in [0.25, 0.3) is 5.91 Å². The van der Waals surface area contributed by atoms with Gasteiger partial charge in [0.05, 0.1) is 6.54 Å². The first kappa shape index (κ1) is 10.9. The monoisotopic (exact) mass is 248 g/mol. The first-order valence-electron chi connectivity index (χ1n) is 5.60. The van der Waals surface area contributed by atoms with Gasteiger partial charge in [-0.1, -0.05) is 0 Å². The Morgan fingerprint density at radius 3 is 3.06 bits per heavy atom. The molecule has 0 aliphatic carbocycles. The third kappa shape index (κ3) is 1.66. The highest BCUT2D eigenvalue weighted by atomic mass is 16.3. The molecule has 0 bridgehead atoms. The minimum absolute atomic E-state index is 0.104. The van der Waals surface area contributed by atoms with E-state index in [2.05, 4.69) is 20.4 Å². The number of nitrogens with zero attached hydrogens (tertiary/aromatic N) is 5. The molecule has 8 nitrogen and oxygen atoms in total. The molecule has 8 heteroatoms. The molecule has 1 amide bonds. The zero-order valence-corrected chi connectivity index (χ0v) is 9.57. The number of carbonyl (C=O) groups is 1. The second kappa shape index (κ2) is 4.22. The van der Waals surface area contributed by atoms with Gasteiger partial charge in [0.15, 0.2) is 11.6 Å². The van der Waals surface area contributed by atoms with Crippen LogP contribution in [0.2, 0.25) is 0 Å². The molecule has 0 saturated carbocycles. The molecule has 18 heavy (non-hydrogen) atoms. The van der Waals surface area contributed by atoms with E-state index in [1.807, 2.05) is 4.57 Å². The van der Waals surface area contributed by atoms with Crippen molar-refractivity contribution in [3.63, 3.8) is 0 Å². The van der Waals surface area contributed by atoms with Gasteiger partial charge in [-0.05, 0) is 6.07 Å². The fourth-order valence-corrected chi connectivity index (χ4v) is 2.05. The number of nitrogens with one attached hydrogen (secondary N) is 1. The van der Waals surface area contributed by atoms with Crippen LogP contribution in [0.1, 0.15) is 22.1 Å². The Balaban J connectivity index is 1.81. The molecule has 3 heterocycles. The smallest absolute Gasteiger partial charge is 0.272 e. The van der Waals surface area contributed by atoms with E-state index in [1.165, 1.54) is 0 Å². The Morgan fingerprint density at radius 1 is 1.44 bits per heavy atom. The Kier molecular flexibility index (Phi) is 2.56. The first-order valence-corrected chi connectivity index (χ1v) is 5.60. The minimum Gasteiger partial charge on any atom is -0.388 e. The second-order valence-electron chi connectivity index (χ2n) is 4.04. The largest absolute Gasteiger partial charge is 0.388 e. The van der Waals surface area contributed by atoms with Crippen molar-refractivity contribution >= 4 is 5.91 Å². The van der Waals surface area contributed by atoms with Crippen LogP contribution < -0.4 is 0 Å². The zero-order chi connectivity index (χ0) is 12.5. The lowest BCUT2D eigenvalue weighted by Crippen LogP contribution is -2.39. The summed E-state index contributed by atoms with van der Waals surface area (Å²) in [7, 11) is 0. The number of rotatable bonds is 2. The highest BCUT2D eigenvalue weighted by molar-refractivity contribution is 5.92. The number of carbonyl (C=O) groups excluding carboxylic acids is 1. The fraction of sp³-hybridized carbons (Fsp3) is 0.400. The normalized spacial score (nSPS) is 14.6. The zero-order valence-electron chi connectivity index (χ0n) is 9.57. The summed E-state index contributed by atoms with van der Waals surface area (Å²) in [6.45, 7) is 1.42. The number of aromatic amines is 1. The van der Waals surface area contributed by atoms with Crippen LogP contribution in [0.25, 0.3) is 0 Å². The summed E-state index contributed by atoms with van der Waals surface area (Å²) >= 11 is 0. The van der Waals surface area contributed by atoms with Crippen LogP contribution in [0.5, 0.6) is 0 Å². The number of hydrogen-bond acceptors (Lipinski definition) is 5. The summed E-state index contributed by atoms with van der Waals surface area (Å²) in [4.78, 5) is 13.8. The number of aromatic nitrogens is 5. The molecule has 0 spiro atoms.